The Morgan fingerprint density at radius 1 is 0.758 bits per heavy atom. The highest BCUT2D eigenvalue weighted by Crippen LogP contribution is 2.30. The van der Waals surface area contributed by atoms with Crippen LogP contribution in [0.3, 0.4) is 0 Å². The van der Waals surface area contributed by atoms with Crippen LogP contribution in [0.15, 0.2) is 48.5 Å². The van der Waals surface area contributed by atoms with Gasteiger partial charge in [-0.1, -0.05) is 24.3 Å². The topological polar surface area (TPSA) is 162 Å². The summed E-state index contributed by atoms with van der Waals surface area (Å²) in [4.78, 5) is 23.3. The molecule has 0 aliphatic rings. The normalized spacial score (nSPS) is 11.0. The highest BCUT2D eigenvalue weighted by Gasteiger charge is 2.23. The zero-order chi connectivity index (χ0) is 23.9. The fraction of sp³-hybridized carbons (Fsp3) is 0.130. The van der Waals surface area contributed by atoms with Crippen molar-refractivity contribution in [3.05, 3.63) is 82.2 Å². The Bertz CT molecular complexity index is 1300. The summed E-state index contributed by atoms with van der Waals surface area (Å²) in [7, 11) is 0. The fourth-order valence-electron chi connectivity index (χ4n) is 3.81. The molecule has 0 saturated carbocycles. The molecule has 2 aromatic carbocycles. The van der Waals surface area contributed by atoms with E-state index < -0.39 is 11.9 Å². The van der Waals surface area contributed by atoms with Gasteiger partial charge in [-0.2, -0.15) is 10.2 Å². The summed E-state index contributed by atoms with van der Waals surface area (Å²) in [5.41, 5.74) is 16.2. The van der Waals surface area contributed by atoms with Gasteiger partial charge in [-0.15, -0.1) is 0 Å². The van der Waals surface area contributed by atoms with E-state index in [1.807, 2.05) is 0 Å². The SMILES string of the molecule is Cc1nn(-c2ccccc2C(=O)O)c(N)c1Cc1c(C)nn(-c2ccccc2C(=O)O)c1N. The smallest absolute Gasteiger partial charge is 0.337 e. The van der Waals surface area contributed by atoms with Gasteiger partial charge in [0.25, 0.3) is 0 Å². The minimum absolute atomic E-state index is 0.0760. The third-order valence-electron chi connectivity index (χ3n) is 5.53. The highest BCUT2D eigenvalue weighted by atomic mass is 16.4. The van der Waals surface area contributed by atoms with Gasteiger partial charge in [-0.3, -0.25) is 0 Å². The predicted octanol–water partition coefficient (Wildman–Crippen LogP) is 2.83. The predicted molar refractivity (Wildman–Crippen MR) is 122 cm³/mol. The number of nitrogen functional groups attached to an aromatic ring is 2. The third kappa shape index (κ3) is 3.67. The number of nitrogens with two attached hydrogens (primary N) is 2. The van der Waals surface area contributed by atoms with Gasteiger partial charge in [-0.25, -0.2) is 19.0 Å². The monoisotopic (exact) mass is 446 g/mol. The van der Waals surface area contributed by atoms with E-state index in [1.54, 1.807) is 50.2 Å². The number of carboxylic acids is 2. The first-order chi connectivity index (χ1) is 15.7. The molecule has 0 spiro atoms. The van der Waals surface area contributed by atoms with Crippen molar-refractivity contribution in [3.8, 4) is 11.4 Å². The maximum atomic E-state index is 11.6. The Labute approximate surface area is 188 Å². The molecule has 2 heterocycles. The van der Waals surface area contributed by atoms with Gasteiger partial charge < -0.3 is 21.7 Å². The van der Waals surface area contributed by atoms with Crippen molar-refractivity contribution < 1.29 is 19.8 Å². The number of aryl methyl sites for hydroxylation is 2. The molecule has 6 N–H and O–H groups in total. The summed E-state index contributed by atoms with van der Waals surface area (Å²) in [6, 6.07) is 12.9. The van der Waals surface area contributed by atoms with E-state index in [9.17, 15) is 19.8 Å². The van der Waals surface area contributed by atoms with Crippen molar-refractivity contribution in [1.82, 2.24) is 19.6 Å². The Balaban J connectivity index is 1.79. The molecule has 4 aromatic rings. The first kappa shape index (κ1) is 21.6. The molecule has 10 nitrogen and oxygen atoms in total. The molecule has 0 aliphatic carbocycles. The Morgan fingerprint density at radius 3 is 1.48 bits per heavy atom. The maximum Gasteiger partial charge on any atom is 0.337 e. The van der Waals surface area contributed by atoms with E-state index in [1.165, 1.54) is 21.5 Å². The number of carbonyl (C=O) groups is 2. The Morgan fingerprint density at radius 2 is 1.12 bits per heavy atom. The van der Waals surface area contributed by atoms with Gasteiger partial charge >= 0.3 is 11.9 Å². The van der Waals surface area contributed by atoms with Gasteiger partial charge in [0.2, 0.25) is 0 Å². The maximum absolute atomic E-state index is 11.6. The van der Waals surface area contributed by atoms with Gasteiger partial charge in [0.15, 0.2) is 0 Å². The van der Waals surface area contributed by atoms with Crippen LogP contribution in [0.1, 0.15) is 43.2 Å². The van der Waals surface area contributed by atoms with E-state index in [4.69, 9.17) is 11.5 Å². The largest absolute Gasteiger partial charge is 0.478 e. The lowest BCUT2D eigenvalue weighted by molar-refractivity contribution is 0.0686. The molecule has 33 heavy (non-hydrogen) atoms. The minimum Gasteiger partial charge on any atom is -0.478 e. The first-order valence-electron chi connectivity index (χ1n) is 10.0. The van der Waals surface area contributed by atoms with E-state index in [2.05, 4.69) is 10.2 Å². The molecule has 0 aliphatic heterocycles. The van der Waals surface area contributed by atoms with E-state index in [-0.39, 0.29) is 11.1 Å². The number of hydrogen-bond acceptors (Lipinski definition) is 6. The number of hydrogen-bond donors (Lipinski definition) is 4. The lowest BCUT2D eigenvalue weighted by Gasteiger charge is -2.09. The van der Waals surface area contributed by atoms with E-state index >= 15 is 0 Å². The second kappa shape index (κ2) is 8.15. The van der Waals surface area contributed by atoms with Crippen LogP contribution < -0.4 is 11.5 Å². The summed E-state index contributed by atoms with van der Waals surface area (Å²) >= 11 is 0. The number of nitrogens with zero attached hydrogens (tertiary/aromatic N) is 4. The molecule has 0 bridgehead atoms. The molecule has 2 aromatic heterocycles. The van der Waals surface area contributed by atoms with E-state index in [0.717, 1.165) is 0 Å². The molecule has 0 amide bonds. The van der Waals surface area contributed by atoms with Crippen LogP contribution in [0.25, 0.3) is 11.4 Å². The first-order valence-corrected chi connectivity index (χ1v) is 10.0. The molecule has 10 heteroatoms. The summed E-state index contributed by atoms with van der Waals surface area (Å²) in [5, 5.41) is 28.0. The Hall–Kier alpha value is -4.60. The molecule has 0 radical (unpaired) electrons. The lowest BCUT2D eigenvalue weighted by atomic mass is 10.0. The Kier molecular flexibility index (Phi) is 5.34. The summed E-state index contributed by atoms with van der Waals surface area (Å²) in [5.74, 6) is -1.59. The molecule has 0 unspecified atom stereocenters. The van der Waals surface area contributed by atoms with Gasteiger partial charge in [0.1, 0.15) is 11.6 Å². The van der Waals surface area contributed by atoms with Crippen LogP contribution in [-0.2, 0) is 6.42 Å². The van der Waals surface area contributed by atoms with Crippen molar-refractivity contribution in [1.29, 1.82) is 0 Å². The van der Waals surface area contributed by atoms with Crippen LogP contribution in [0.5, 0.6) is 0 Å². The standard InChI is InChI=1S/C23H22N6O4/c1-12-16(20(24)28(26-12)18-9-5-3-7-14(18)22(30)31)11-17-13(2)27-29(21(17)25)19-10-6-4-8-15(19)23(32)33/h3-10H,11,24-25H2,1-2H3,(H,30,31)(H,32,33). The van der Waals surface area contributed by atoms with Crippen molar-refractivity contribution >= 4 is 23.6 Å². The molecule has 0 saturated heterocycles. The molecule has 0 fully saturated rings. The molecule has 4 rings (SSSR count). The van der Waals surface area contributed by atoms with E-state index in [0.29, 0.717) is 51.9 Å². The van der Waals surface area contributed by atoms with Crippen molar-refractivity contribution in [2.24, 2.45) is 0 Å². The van der Waals surface area contributed by atoms with Crippen LogP contribution in [0.4, 0.5) is 11.6 Å². The minimum atomic E-state index is -1.09. The number of benzene rings is 2. The van der Waals surface area contributed by atoms with Crippen molar-refractivity contribution in [2.75, 3.05) is 11.5 Å². The fourth-order valence-corrected chi connectivity index (χ4v) is 3.81. The molecule has 168 valence electrons. The van der Waals surface area contributed by atoms with Crippen LogP contribution in [0, 0.1) is 13.8 Å². The molecular formula is C23H22N6O4. The number of aromatic nitrogens is 4. The van der Waals surface area contributed by atoms with Crippen molar-refractivity contribution in [3.63, 3.8) is 0 Å². The highest BCUT2D eigenvalue weighted by molar-refractivity contribution is 5.92. The molecule has 0 atom stereocenters. The average Bonchev–Trinajstić information content (AvgIpc) is 3.23. The van der Waals surface area contributed by atoms with Crippen LogP contribution in [0.2, 0.25) is 0 Å². The lowest BCUT2D eigenvalue weighted by Crippen LogP contribution is -2.10. The quantitative estimate of drug-likeness (QED) is 0.351. The number of aromatic carboxylic acids is 2. The summed E-state index contributed by atoms with van der Waals surface area (Å²) in [6.07, 6.45) is 0.291. The average molecular weight is 446 g/mol. The van der Waals surface area contributed by atoms with Gasteiger partial charge in [-0.05, 0) is 38.1 Å². The third-order valence-corrected chi connectivity index (χ3v) is 5.53. The second-order valence-electron chi connectivity index (χ2n) is 7.54. The number of rotatable bonds is 6. The van der Waals surface area contributed by atoms with Crippen LogP contribution in [-0.4, -0.2) is 41.7 Å². The van der Waals surface area contributed by atoms with Gasteiger partial charge in [0.05, 0.1) is 33.9 Å². The summed E-state index contributed by atoms with van der Waals surface area (Å²) in [6.45, 7) is 3.56. The number of carboxylic acid groups (broad SMARTS) is 2. The summed E-state index contributed by atoms with van der Waals surface area (Å²) < 4.78 is 2.81. The number of anilines is 2. The zero-order valence-corrected chi connectivity index (χ0v) is 18.0. The van der Waals surface area contributed by atoms with Crippen LogP contribution >= 0.6 is 0 Å². The zero-order valence-electron chi connectivity index (χ0n) is 18.0. The van der Waals surface area contributed by atoms with Crippen molar-refractivity contribution in [2.45, 2.75) is 20.3 Å². The molecular weight excluding hydrogens is 424 g/mol. The number of para-hydroxylation sites is 2. The van der Waals surface area contributed by atoms with Gasteiger partial charge in [0, 0.05) is 17.5 Å². The second-order valence-corrected chi connectivity index (χ2v) is 7.54.